The zero-order valence-electron chi connectivity index (χ0n) is 14.3. The summed E-state index contributed by atoms with van der Waals surface area (Å²) in [5.74, 6) is 0.828. The van der Waals surface area contributed by atoms with Gasteiger partial charge in [-0.05, 0) is 51.4 Å². The van der Waals surface area contributed by atoms with E-state index in [9.17, 15) is 4.79 Å². The molecule has 1 amide bonds. The van der Waals surface area contributed by atoms with Crippen LogP contribution in [0.1, 0.15) is 44.2 Å². The van der Waals surface area contributed by atoms with Gasteiger partial charge in [-0.25, -0.2) is 4.68 Å². The van der Waals surface area contributed by atoms with Crippen LogP contribution in [0.3, 0.4) is 0 Å². The molecule has 3 rings (SSSR count). The minimum atomic E-state index is 0.0659. The molecule has 0 bridgehead atoms. The Labute approximate surface area is 143 Å². The van der Waals surface area contributed by atoms with E-state index in [2.05, 4.69) is 34.4 Å². The Hall–Kier alpha value is -2.14. The zero-order valence-corrected chi connectivity index (χ0v) is 14.3. The third kappa shape index (κ3) is 4.23. The van der Waals surface area contributed by atoms with Gasteiger partial charge in [0.15, 0.2) is 0 Å². The lowest BCUT2D eigenvalue weighted by molar-refractivity contribution is -0.116. The average molecular weight is 326 g/mol. The smallest absolute Gasteiger partial charge is 0.225 e. The monoisotopic (exact) mass is 326 g/mol. The molecule has 0 radical (unpaired) electrons. The van der Waals surface area contributed by atoms with Gasteiger partial charge >= 0.3 is 0 Å². The molecule has 1 aromatic heterocycles. The van der Waals surface area contributed by atoms with Crippen LogP contribution in [0.4, 0.5) is 5.82 Å². The van der Waals surface area contributed by atoms with Crippen molar-refractivity contribution in [2.24, 2.45) is 0 Å². The zero-order chi connectivity index (χ0) is 16.8. The Balaban J connectivity index is 1.54. The Morgan fingerprint density at radius 1 is 1.21 bits per heavy atom. The quantitative estimate of drug-likeness (QED) is 0.849. The van der Waals surface area contributed by atoms with Crippen molar-refractivity contribution in [2.45, 2.75) is 38.6 Å². The summed E-state index contributed by atoms with van der Waals surface area (Å²) in [5, 5.41) is 7.39. The minimum Gasteiger partial charge on any atom is -0.311 e. The van der Waals surface area contributed by atoms with E-state index in [1.54, 1.807) is 6.20 Å². The van der Waals surface area contributed by atoms with Gasteiger partial charge in [-0.1, -0.05) is 30.3 Å². The van der Waals surface area contributed by atoms with Gasteiger partial charge < -0.3 is 10.2 Å². The number of hydrogen-bond acceptors (Lipinski definition) is 3. The van der Waals surface area contributed by atoms with E-state index in [4.69, 9.17) is 0 Å². The fourth-order valence-corrected chi connectivity index (χ4v) is 3.27. The number of aromatic nitrogens is 2. The maximum absolute atomic E-state index is 12.2. The number of nitrogens with one attached hydrogen (secondary N) is 1. The molecule has 1 saturated heterocycles. The third-order valence-corrected chi connectivity index (χ3v) is 4.66. The molecule has 128 valence electrons. The first-order valence-electron chi connectivity index (χ1n) is 8.85. The number of benzene rings is 1. The van der Waals surface area contributed by atoms with Gasteiger partial charge in [-0.15, -0.1) is 0 Å². The molecule has 0 spiro atoms. The van der Waals surface area contributed by atoms with Crippen molar-refractivity contribution >= 4 is 11.7 Å². The lowest BCUT2D eigenvalue weighted by Gasteiger charge is -2.17. The molecule has 1 unspecified atom stereocenters. The summed E-state index contributed by atoms with van der Waals surface area (Å²) in [6, 6.07) is 12.1. The van der Waals surface area contributed by atoms with Crippen molar-refractivity contribution in [1.29, 1.82) is 0 Å². The summed E-state index contributed by atoms with van der Waals surface area (Å²) >= 11 is 0. The van der Waals surface area contributed by atoms with E-state index in [0.29, 0.717) is 6.42 Å². The number of likely N-dealkylation sites (tertiary alicyclic amines) is 1. The van der Waals surface area contributed by atoms with E-state index < -0.39 is 0 Å². The number of carbonyl (C=O) groups excluding carboxylic acids is 1. The maximum atomic E-state index is 12.2. The Bertz CT molecular complexity index is 646. The number of amides is 1. The van der Waals surface area contributed by atoms with Crippen LogP contribution in [0, 0.1) is 0 Å². The molecule has 0 saturated carbocycles. The lowest BCUT2D eigenvalue weighted by atomic mass is 10.1. The largest absolute Gasteiger partial charge is 0.311 e. The SMILES string of the molecule is CC(c1ccccc1)n1nccc1NC(=O)CCCN1CCCC1. The van der Waals surface area contributed by atoms with Crippen LogP contribution in [0.5, 0.6) is 0 Å². The summed E-state index contributed by atoms with van der Waals surface area (Å²) in [4.78, 5) is 14.7. The van der Waals surface area contributed by atoms with Crippen LogP contribution in [0.25, 0.3) is 0 Å². The van der Waals surface area contributed by atoms with Crippen LogP contribution >= 0.6 is 0 Å². The molecule has 2 heterocycles. The average Bonchev–Trinajstić information content (AvgIpc) is 3.27. The Kier molecular flexibility index (Phi) is 5.64. The molecule has 24 heavy (non-hydrogen) atoms. The fraction of sp³-hybridized carbons (Fsp3) is 0.474. The summed E-state index contributed by atoms with van der Waals surface area (Å²) in [7, 11) is 0. The normalized spacial score (nSPS) is 16.2. The molecule has 1 aliphatic rings. The first-order valence-corrected chi connectivity index (χ1v) is 8.85. The van der Waals surface area contributed by atoms with E-state index in [1.165, 1.54) is 31.5 Å². The highest BCUT2D eigenvalue weighted by atomic mass is 16.1. The van der Waals surface area contributed by atoms with Crippen molar-refractivity contribution < 1.29 is 4.79 Å². The summed E-state index contributed by atoms with van der Waals surface area (Å²) in [6.07, 6.45) is 5.79. The third-order valence-electron chi connectivity index (χ3n) is 4.66. The van der Waals surface area contributed by atoms with Gasteiger partial charge in [0.2, 0.25) is 5.91 Å². The van der Waals surface area contributed by atoms with Crippen LogP contribution in [0.2, 0.25) is 0 Å². The molecule has 5 heteroatoms. The topological polar surface area (TPSA) is 50.2 Å². The molecular weight excluding hydrogens is 300 g/mol. The summed E-state index contributed by atoms with van der Waals surface area (Å²) < 4.78 is 1.87. The van der Waals surface area contributed by atoms with Gasteiger partial charge in [-0.3, -0.25) is 4.79 Å². The molecule has 1 aliphatic heterocycles. The number of rotatable bonds is 7. The second-order valence-electron chi connectivity index (χ2n) is 6.45. The minimum absolute atomic E-state index is 0.0659. The van der Waals surface area contributed by atoms with E-state index in [1.807, 2.05) is 28.9 Å². The fourth-order valence-electron chi connectivity index (χ4n) is 3.27. The van der Waals surface area contributed by atoms with Gasteiger partial charge in [0.1, 0.15) is 5.82 Å². The number of anilines is 1. The molecule has 1 atom stereocenters. The molecule has 5 nitrogen and oxygen atoms in total. The van der Waals surface area contributed by atoms with Gasteiger partial charge in [0.05, 0.1) is 12.2 Å². The molecular formula is C19H26N4O. The highest BCUT2D eigenvalue weighted by Gasteiger charge is 2.15. The second-order valence-corrected chi connectivity index (χ2v) is 6.45. The highest BCUT2D eigenvalue weighted by Crippen LogP contribution is 2.21. The van der Waals surface area contributed by atoms with Crippen LogP contribution < -0.4 is 5.32 Å². The second kappa shape index (κ2) is 8.11. The number of hydrogen-bond donors (Lipinski definition) is 1. The summed E-state index contributed by atoms with van der Waals surface area (Å²) in [6.45, 7) is 5.48. The lowest BCUT2D eigenvalue weighted by Crippen LogP contribution is -2.23. The first kappa shape index (κ1) is 16.7. The Morgan fingerprint density at radius 3 is 2.71 bits per heavy atom. The van der Waals surface area contributed by atoms with Crippen molar-refractivity contribution in [1.82, 2.24) is 14.7 Å². The maximum Gasteiger partial charge on any atom is 0.225 e. The van der Waals surface area contributed by atoms with Crippen LogP contribution in [-0.2, 0) is 4.79 Å². The van der Waals surface area contributed by atoms with Crippen molar-refractivity contribution in [3.63, 3.8) is 0 Å². The molecule has 1 aromatic carbocycles. The van der Waals surface area contributed by atoms with E-state index in [-0.39, 0.29) is 11.9 Å². The van der Waals surface area contributed by atoms with E-state index >= 15 is 0 Å². The highest BCUT2D eigenvalue weighted by molar-refractivity contribution is 5.89. The molecule has 0 aliphatic carbocycles. The van der Waals surface area contributed by atoms with Crippen molar-refractivity contribution in [3.8, 4) is 0 Å². The molecule has 1 N–H and O–H groups in total. The van der Waals surface area contributed by atoms with Crippen LogP contribution in [-0.4, -0.2) is 40.2 Å². The predicted molar refractivity (Wildman–Crippen MR) is 96.0 cm³/mol. The predicted octanol–water partition coefficient (Wildman–Crippen LogP) is 3.31. The standard InChI is InChI=1S/C19H26N4O/c1-16(17-8-3-2-4-9-17)23-18(11-12-20-23)21-19(24)10-7-15-22-13-5-6-14-22/h2-4,8-9,11-12,16H,5-7,10,13-15H2,1H3,(H,21,24). The Morgan fingerprint density at radius 2 is 1.96 bits per heavy atom. The number of nitrogens with zero attached hydrogens (tertiary/aromatic N) is 3. The van der Waals surface area contributed by atoms with Gasteiger partial charge in [0.25, 0.3) is 0 Å². The van der Waals surface area contributed by atoms with Gasteiger partial charge in [-0.2, -0.15) is 5.10 Å². The molecule has 1 fully saturated rings. The first-order chi connectivity index (χ1) is 11.7. The van der Waals surface area contributed by atoms with Crippen molar-refractivity contribution in [3.05, 3.63) is 48.2 Å². The summed E-state index contributed by atoms with van der Waals surface area (Å²) in [5.41, 5.74) is 1.17. The van der Waals surface area contributed by atoms with Crippen molar-refractivity contribution in [2.75, 3.05) is 25.0 Å². The van der Waals surface area contributed by atoms with Crippen LogP contribution in [0.15, 0.2) is 42.6 Å². The van der Waals surface area contributed by atoms with E-state index in [0.717, 1.165) is 18.8 Å². The molecule has 2 aromatic rings. The number of carbonyl (C=O) groups is 1. The van der Waals surface area contributed by atoms with Gasteiger partial charge in [0, 0.05) is 12.5 Å².